The van der Waals surface area contributed by atoms with E-state index in [0.29, 0.717) is 19.6 Å². The molecular weight excluding hydrogens is 270 g/mol. The molecule has 0 bridgehead atoms. The minimum atomic E-state index is -2.98. The number of ether oxygens (including phenoxy) is 2. The monoisotopic (exact) mass is 288 g/mol. The van der Waals surface area contributed by atoms with E-state index in [1.54, 1.807) is 6.07 Å². The van der Waals surface area contributed by atoms with E-state index in [0.717, 1.165) is 0 Å². The summed E-state index contributed by atoms with van der Waals surface area (Å²) in [6, 6.07) is 5.54. The number of benzene rings is 1. The predicted molar refractivity (Wildman–Crippen MR) is 69.9 cm³/mol. The number of methoxy groups -OCH3 is 1. The minimum absolute atomic E-state index is 0.0472. The molecule has 20 heavy (non-hydrogen) atoms. The first-order valence-corrected chi connectivity index (χ1v) is 6.12. The fourth-order valence-electron chi connectivity index (χ4n) is 1.72. The third-order valence-corrected chi connectivity index (χ3v) is 2.57. The van der Waals surface area contributed by atoms with Gasteiger partial charge in [0.1, 0.15) is 5.75 Å². The number of carbonyl (C=O) groups excluding carboxylic acids is 1. The maximum absolute atomic E-state index is 12.3. The van der Waals surface area contributed by atoms with E-state index in [2.05, 4.69) is 10.1 Å². The van der Waals surface area contributed by atoms with Gasteiger partial charge in [-0.05, 0) is 25.1 Å². The van der Waals surface area contributed by atoms with Crippen LogP contribution in [-0.4, -0.2) is 38.8 Å². The molecule has 5 nitrogen and oxygen atoms in total. The van der Waals surface area contributed by atoms with Gasteiger partial charge in [0.15, 0.2) is 0 Å². The summed E-state index contributed by atoms with van der Waals surface area (Å²) < 4.78 is 33.8. The molecule has 0 saturated carbocycles. The Balaban J connectivity index is 2.80. The highest BCUT2D eigenvalue weighted by Crippen LogP contribution is 2.20. The van der Waals surface area contributed by atoms with Crippen LogP contribution in [0.25, 0.3) is 0 Å². The van der Waals surface area contributed by atoms with E-state index in [4.69, 9.17) is 10.5 Å². The largest absolute Gasteiger partial charge is 0.434 e. The van der Waals surface area contributed by atoms with Gasteiger partial charge >= 0.3 is 6.61 Å². The minimum Gasteiger partial charge on any atom is -0.434 e. The summed E-state index contributed by atoms with van der Waals surface area (Å²) >= 11 is 0. The average molecular weight is 288 g/mol. The van der Waals surface area contributed by atoms with E-state index < -0.39 is 12.5 Å². The summed E-state index contributed by atoms with van der Waals surface area (Å²) in [6.45, 7) is -2.31. The van der Waals surface area contributed by atoms with Gasteiger partial charge in [-0.3, -0.25) is 4.79 Å². The summed E-state index contributed by atoms with van der Waals surface area (Å²) in [6.07, 6.45) is 0.525. The van der Waals surface area contributed by atoms with E-state index in [1.807, 2.05) is 0 Å². The summed E-state index contributed by atoms with van der Waals surface area (Å²) in [5.41, 5.74) is 5.49. The number of para-hydroxylation sites is 1. The molecule has 0 saturated heterocycles. The highest BCUT2D eigenvalue weighted by atomic mass is 19.3. The molecule has 0 aliphatic carbocycles. The maximum atomic E-state index is 12.3. The summed E-state index contributed by atoms with van der Waals surface area (Å²) in [4.78, 5) is 12.1. The Labute approximate surface area is 116 Å². The second kappa shape index (κ2) is 8.44. The van der Waals surface area contributed by atoms with Crippen molar-refractivity contribution in [1.82, 2.24) is 5.32 Å². The Kier molecular flexibility index (Phi) is 6.89. The molecule has 3 N–H and O–H groups in total. The van der Waals surface area contributed by atoms with Crippen molar-refractivity contribution in [2.24, 2.45) is 5.73 Å². The molecule has 1 rings (SSSR count). The molecule has 1 aromatic rings. The molecule has 0 spiro atoms. The van der Waals surface area contributed by atoms with Crippen LogP contribution in [0, 0.1) is 0 Å². The van der Waals surface area contributed by atoms with Crippen molar-refractivity contribution in [3.8, 4) is 5.75 Å². The van der Waals surface area contributed by atoms with Crippen molar-refractivity contribution in [3.63, 3.8) is 0 Å². The predicted octanol–water partition coefficient (Wildman–Crippen LogP) is 1.38. The van der Waals surface area contributed by atoms with Crippen molar-refractivity contribution >= 4 is 5.91 Å². The number of amides is 1. The van der Waals surface area contributed by atoms with Gasteiger partial charge in [0.2, 0.25) is 0 Å². The van der Waals surface area contributed by atoms with Gasteiger partial charge < -0.3 is 20.5 Å². The van der Waals surface area contributed by atoms with Gasteiger partial charge in [0, 0.05) is 7.11 Å². The highest BCUT2D eigenvalue weighted by molar-refractivity contribution is 5.97. The maximum Gasteiger partial charge on any atom is 0.387 e. The van der Waals surface area contributed by atoms with E-state index in [-0.39, 0.29) is 17.4 Å². The van der Waals surface area contributed by atoms with Crippen molar-refractivity contribution in [1.29, 1.82) is 0 Å². The number of carbonyl (C=O) groups is 1. The number of alkyl halides is 2. The van der Waals surface area contributed by atoms with Crippen molar-refractivity contribution in [3.05, 3.63) is 29.8 Å². The number of rotatable bonds is 8. The second-order valence-corrected chi connectivity index (χ2v) is 4.08. The molecule has 0 radical (unpaired) electrons. The molecule has 7 heteroatoms. The van der Waals surface area contributed by atoms with E-state index in [1.165, 1.54) is 25.3 Å². The van der Waals surface area contributed by atoms with Crippen molar-refractivity contribution in [2.75, 3.05) is 20.3 Å². The van der Waals surface area contributed by atoms with Gasteiger partial charge in [0.25, 0.3) is 5.91 Å². The van der Waals surface area contributed by atoms with E-state index in [9.17, 15) is 13.6 Å². The number of nitrogens with one attached hydrogen (secondary N) is 1. The molecule has 112 valence electrons. The number of halogens is 2. The van der Waals surface area contributed by atoms with Crippen molar-refractivity contribution < 1.29 is 23.0 Å². The number of hydrogen-bond donors (Lipinski definition) is 2. The average Bonchev–Trinajstić information content (AvgIpc) is 2.39. The lowest BCUT2D eigenvalue weighted by Gasteiger charge is -2.18. The van der Waals surface area contributed by atoms with Crippen LogP contribution < -0.4 is 15.8 Å². The fraction of sp³-hybridized carbons (Fsp3) is 0.462. The van der Waals surface area contributed by atoms with Crippen LogP contribution in [0.2, 0.25) is 0 Å². The van der Waals surface area contributed by atoms with Crippen molar-refractivity contribution in [2.45, 2.75) is 19.1 Å². The lowest BCUT2D eigenvalue weighted by molar-refractivity contribution is -0.0501. The van der Waals surface area contributed by atoms with Crippen LogP contribution >= 0.6 is 0 Å². The zero-order valence-electron chi connectivity index (χ0n) is 11.1. The van der Waals surface area contributed by atoms with Crippen LogP contribution in [0.15, 0.2) is 24.3 Å². The third kappa shape index (κ3) is 5.10. The summed E-state index contributed by atoms with van der Waals surface area (Å²) in [5, 5.41) is 2.68. The number of hydrogen-bond acceptors (Lipinski definition) is 4. The molecular formula is C13H18F2N2O3. The molecule has 0 aliphatic heterocycles. The SMILES string of the molecule is COCC(CCN)NC(=O)c1ccccc1OC(F)F. The van der Waals surface area contributed by atoms with Crippen LogP contribution in [0.4, 0.5) is 8.78 Å². The molecule has 0 heterocycles. The Morgan fingerprint density at radius 1 is 1.40 bits per heavy atom. The topological polar surface area (TPSA) is 73.6 Å². The summed E-state index contributed by atoms with van der Waals surface area (Å²) in [7, 11) is 1.50. The van der Waals surface area contributed by atoms with Crippen LogP contribution in [0.1, 0.15) is 16.8 Å². The fourth-order valence-corrected chi connectivity index (χ4v) is 1.72. The molecule has 0 fully saturated rings. The standard InChI is InChI=1S/C13H18F2N2O3/c1-19-8-9(6-7-16)17-12(18)10-4-2-3-5-11(10)20-13(14)15/h2-5,9,13H,6-8,16H2,1H3,(H,17,18). The molecule has 0 aromatic heterocycles. The Bertz CT molecular complexity index is 424. The van der Waals surface area contributed by atoms with Gasteiger partial charge in [-0.25, -0.2) is 0 Å². The van der Waals surface area contributed by atoms with Gasteiger partial charge in [0.05, 0.1) is 18.2 Å². The van der Waals surface area contributed by atoms with E-state index >= 15 is 0 Å². The van der Waals surface area contributed by atoms with Crippen LogP contribution in [0.5, 0.6) is 5.75 Å². The first-order chi connectivity index (χ1) is 9.58. The first-order valence-electron chi connectivity index (χ1n) is 6.12. The van der Waals surface area contributed by atoms with Crippen LogP contribution in [-0.2, 0) is 4.74 Å². The normalized spacial score (nSPS) is 12.2. The summed E-state index contributed by atoms with van der Waals surface area (Å²) in [5.74, 6) is -0.666. The van der Waals surface area contributed by atoms with Crippen LogP contribution in [0.3, 0.4) is 0 Å². The smallest absolute Gasteiger partial charge is 0.387 e. The Morgan fingerprint density at radius 3 is 2.70 bits per heavy atom. The molecule has 0 aliphatic rings. The Hall–Kier alpha value is -1.73. The zero-order valence-corrected chi connectivity index (χ0v) is 11.1. The molecule has 1 aromatic carbocycles. The number of nitrogens with two attached hydrogens (primary N) is 1. The zero-order chi connectivity index (χ0) is 15.0. The quantitative estimate of drug-likeness (QED) is 0.758. The first kappa shape index (κ1) is 16.3. The lowest BCUT2D eigenvalue weighted by Crippen LogP contribution is -2.39. The second-order valence-electron chi connectivity index (χ2n) is 4.08. The lowest BCUT2D eigenvalue weighted by atomic mass is 10.1. The molecule has 1 atom stereocenters. The van der Waals surface area contributed by atoms with Gasteiger partial charge in [-0.2, -0.15) is 8.78 Å². The van der Waals surface area contributed by atoms with Gasteiger partial charge in [-0.15, -0.1) is 0 Å². The molecule has 1 unspecified atom stereocenters. The van der Waals surface area contributed by atoms with Gasteiger partial charge in [-0.1, -0.05) is 12.1 Å². The third-order valence-electron chi connectivity index (χ3n) is 2.57. The Morgan fingerprint density at radius 2 is 2.10 bits per heavy atom. The molecule has 1 amide bonds. The highest BCUT2D eigenvalue weighted by Gasteiger charge is 2.18.